The number of hydrogen-bond acceptors (Lipinski definition) is 4. The maximum Gasteiger partial charge on any atom is 0.235 e. The number of nitrogens with one attached hydrogen (secondary N) is 2. The van der Waals surface area contributed by atoms with Gasteiger partial charge in [-0.25, -0.2) is 0 Å². The molecule has 126 valence electrons. The maximum absolute atomic E-state index is 12.3. The molecule has 22 heavy (non-hydrogen) atoms. The van der Waals surface area contributed by atoms with E-state index < -0.39 is 5.41 Å². The van der Waals surface area contributed by atoms with Crippen molar-refractivity contribution in [2.24, 2.45) is 5.41 Å². The molecule has 0 aromatic rings. The van der Waals surface area contributed by atoms with Crippen LogP contribution in [0.15, 0.2) is 0 Å². The lowest BCUT2D eigenvalue weighted by Gasteiger charge is -2.26. The summed E-state index contributed by atoms with van der Waals surface area (Å²) in [5.74, 6) is -0.193. The van der Waals surface area contributed by atoms with Gasteiger partial charge in [0.25, 0.3) is 0 Å². The number of nitrogens with zero attached hydrogens (tertiary/aromatic N) is 1. The molecule has 0 aromatic heterocycles. The molecule has 2 N–H and O–H groups in total. The third-order valence-electron chi connectivity index (χ3n) is 4.50. The van der Waals surface area contributed by atoms with Crippen molar-refractivity contribution < 1.29 is 14.3 Å². The summed E-state index contributed by atoms with van der Waals surface area (Å²) in [5, 5.41) is 5.85. The van der Waals surface area contributed by atoms with E-state index >= 15 is 0 Å². The molecule has 0 spiro atoms. The van der Waals surface area contributed by atoms with Crippen LogP contribution >= 0.6 is 0 Å². The summed E-state index contributed by atoms with van der Waals surface area (Å²) in [6.45, 7) is 7.59. The zero-order chi connectivity index (χ0) is 15.8. The molecule has 2 rings (SSSR count). The minimum Gasteiger partial charge on any atom is -0.379 e. The smallest absolute Gasteiger partial charge is 0.235 e. The number of carbonyl (C=O) groups is 2. The highest BCUT2D eigenvalue weighted by atomic mass is 16.5. The summed E-state index contributed by atoms with van der Waals surface area (Å²) in [6, 6.07) is 0. The molecular formula is C16H29N3O3. The number of unbranched alkanes of at least 4 members (excludes halogenated alkanes) is 2. The van der Waals surface area contributed by atoms with Crippen molar-refractivity contribution in [2.75, 3.05) is 45.9 Å². The fourth-order valence-electron chi connectivity index (χ4n) is 2.75. The first-order valence-electron chi connectivity index (χ1n) is 8.56. The van der Waals surface area contributed by atoms with Gasteiger partial charge in [-0.15, -0.1) is 0 Å². The van der Waals surface area contributed by atoms with E-state index in [4.69, 9.17) is 4.74 Å². The molecule has 1 heterocycles. The third-order valence-corrected chi connectivity index (χ3v) is 4.50. The lowest BCUT2D eigenvalue weighted by atomic mass is 10.1. The average Bonchev–Trinajstić information content (AvgIpc) is 3.34. The van der Waals surface area contributed by atoms with Gasteiger partial charge in [0.2, 0.25) is 11.8 Å². The average molecular weight is 311 g/mol. The highest BCUT2D eigenvalue weighted by Gasteiger charge is 2.56. The van der Waals surface area contributed by atoms with E-state index in [-0.39, 0.29) is 11.8 Å². The van der Waals surface area contributed by atoms with E-state index in [0.717, 1.165) is 52.1 Å². The predicted octanol–water partition coefficient (Wildman–Crippen LogP) is 0.521. The van der Waals surface area contributed by atoms with Crippen LogP contribution in [0.3, 0.4) is 0 Å². The fourth-order valence-corrected chi connectivity index (χ4v) is 2.75. The van der Waals surface area contributed by atoms with Gasteiger partial charge in [-0.1, -0.05) is 19.8 Å². The molecule has 1 aliphatic carbocycles. The first-order chi connectivity index (χ1) is 10.7. The normalized spacial score (nSPS) is 20.4. The van der Waals surface area contributed by atoms with E-state index in [9.17, 15) is 9.59 Å². The Labute approximate surface area is 132 Å². The molecule has 2 fully saturated rings. The van der Waals surface area contributed by atoms with Crippen LogP contribution in [0, 0.1) is 5.41 Å². The van der Waals surface area contributed by atoms with Crippen LogP contribution in [0.5, 0.6) is 0 Å². The second kappa shape index (κ2) is 8.48. The molecule has 0 radical (unpaired) electrons. The van der Waals surface area contributed by atoms with E-state index in [2.05, 4.69) is 22.5 Å². The zero-order valence-corrected chi connectivity index (χ0v) is 13.7. The highest BCUT2D eigenvalue weighted by Crippen LogP contribution is 2.46. The fraction of sp³-hybridized carbons (Fsp3) is 0.875. The summed E-state index contributed by atoms with van der Waals surface area (Å²) in [5.41, 5.74) is -0.781. The van der Waals surface area contributed by atoms with E-state index in [1.54, 1.807) is 0 Å². The van der Waals surface area contributed by atoms with Crippen molar-refractivity contribution >= 4 is 11.8 Å². The molecule has 0 aromatic carbocycles. The van der Waals surface area contributed by atoms with E-state index in [1.807, 2.05) is 0 Å². The van der Waals surface area contributed by atoms with Crippen molar-refractivity contribution in [3.8, 4) is 0 Å². The molecule has 1 saturated carbocycles. The topological polar surface area (TPSA) is 70.7 Å². The molecular weight excluding hydrogens is 282 g/mol. The Morgan fingerprint density at radius 1 is 1.05 bits per heavy atom. The molecule has 2 aliphatic rings. The summed E-state index contributed by atoms with van der Waals surface area (Å²) in [4.78, 5) is 26.8. The van der Waals surface area contributed by atoms with Crippen molar-refractivity contribution in [1.29, 1.82) is 0 Å². The Hall–Kier alpha value is -1.14. The molecule has 0 bridgehead atoms. The minimum atomic E-state index is -0.781. The van der Waals surface area contributed by atoms with Crippen molar-refractivity contribution in [3.63, 3.8) is 0 Å². The summed E-state index contributed by atoms with van der Waals surface area (Å²) >= 11 is 0. The lowest BCUT2D eigenvalue weighted by Crippen LogP contribution is -2.46. The second-order valence-corrected chi connectivity index (χ2v) is 6.26. The maximum atomic E-state index is 12.3. The van der Waals surface area contributed by atoms with Crippen molar-refractivity contribution in [1.82, 2.24) is 15.5 Å². The molecule has 0 unspecified atom stereocenters. The van der Waals surface area contributed by atoms with Gasteiger partial charge in [0.1, 0.15) is 5.41 Å². The Bertz CT molecular complexity index is 377. The number of carbonyl (C=O) groups excluding carboxylic acids is 2. The van der Waals surface area contributed by atoms with Gasteiger partial charge in [-0.2, -0.15) is 0 Å². The highest BCUT2D eigenvalue weighted by molar-refractivity contribution is 6.07. The summed E-state index contributed by atoms with van der Waals surface area (Å²) in [7, 11) is 0. The van der Waals surface area contributed by atoms with Crippen LogP contribution in [0.25, 0.3) is 0 Å². The van der Waals surface area contributed by atoms with Gasteiger partial charge in [0, 0.05) is 32.7 Å². The first-order valence-corrected chi connectivity index (χ1v) is 8.56. The molecule has 1 aliphatic heterocycles. The number of morpholine rings is 1. The quantitative estimate of drug-likeness (QED) is 0.481. The van der Waals surface area contributed by atoms with Gasteiger partial charge in [-0.05, 0) is 19.3 Å². The summed E-state index contributed by atoms with van der Waals surface area (Å²) < 4.78 is 5.30. The largest absolute Gasteiger partial charge is 0.379 e. The Morgan fingerprint density at radius 2 is 1.68 bits per heavy atom. The van der Waals surface area contributed by atoms with E-state index in [0.29, 0.717) is 25.9 Å². The SMILES string of the molecule is CCCCCNC(=O)C1(C(=O)NCCN2CCOCC2)CC1. The minimum absolute atomic E-state index is 0.0903. The second-order valence-electron chi connectivity index (χ2n) is 6.26. The number of ether oxygens (including phenoxy) is 1. The molecule has 1 saturated heterocycles. The van der Waals surface area contributed by atoms with Gasteiger partial charge in [-0.3, -0.25) is 14.5 Å². The first kappa shape index (κ1) is 17.2. The zero-order valence-electron chi connectivity index (χ0n) is 13.7. The van der Waals surface area contributed by atoms with Crippen molar-refractivity contribution in [3.05, 3.63) is 0 Å². The van der Waals surface area contributed by atoms with Crippen LogP contribution in [0.2, 0.25) is 0 Å². The van der Waals surface area contributed by atoms with Crippen LogP contribution in [0.1, 0.15) is 39.0 Å². The molecule has 2 amide bonds. The monoisotopic (exact) mass is 311 g/mol. The molecule has 6 nitrogen and oxygen atoms in total. The number of amides is 2. The van der Waals surface area contributed by atoms with Crippen molar-refractivity contribution in [2.45, 2.75) is 39.0 Å². The standard InChI is InChI=1S/C16H29N3O3/c1-2-3-4-7-17-14(20)16(5-6-16)15(21)18-8-9-19-10-12-22-13-11-19/h2-13H2,1H3,(H,17,20)(H,18,21). The van der Waals surface area contributed by atoms with Crippen LogP contribution < -0.4 is 10.6 Å². The number of rotatable bonds is 9. The lowest BCUT2D eigenvalue weighted by molar-refractivity contribution is -0.137. The van der Waals surface area contributed by atoms with Crippen LogP contribution in [-0.2, 0) is 14.3 Å². The Balaban J connectivity index is 1.65. The molecule has 6 heteroatoms. The van der Waals surface area contributed by atoms with Gasteiger partial charge < -0.3 is 15.4 Å². The van der Waals surface area contributed by atoms with Crippen LogP contribution in [0.4, 0.5) is 0 Å². The Kier molecular flexibility index (Phi) is 6.64. The van der Waals surface area contributed by atoms with Gasteiger partial charge in [0.15, 0.2) is 0 Å². The third kappa shape index (κ3) is 4.68. The predicted molar refractivity (Wildman–Crippen MR) is 84.5 cm³/mol. The molecule has 0 atom stereocenters. The van der Waals surface area contributed by atoms with Gasteiger partial charge in [0.05, 0.1) is 13.2 Å². The summed E-state index contributed by atoms with van der Waals surface area (Å²) in [6.07, 6.45) is 4.57. The number of hydrogen-bond donors (Lipinski definition) is 2. The Morgan fingerprint density at radius 3 is 2.27 bits per heavy atom. The van der Waals surface area contributed by atoms with Gasteiger partial charge >= 0.3 is 0 Å². The van der Waals surface area contributed by atoms with Crippen LogP contribution in [-0.4, -0.2) is 62.7 Å². The van der Waals surface area contributed by atoms with E-state index in [1.165, 1.54) is 0 Å².